The van der Waals surface area contributed by atoms with Crippen molar-refractivity contribution in [1.82, 2.24) is 9.97 Å². The van der Waals surface area contributed by atoms with Crippen molar-refractivity contribution in [2.75, 3.05) is 11.9 Å². The summed E-state index contributed by atoms with van der Waals surface area (Å²) in [5.41, 5.74) is 7.01. The molecule has 0 spiro atoms. The Bertz CT molecular complexity index is 327. The van der Waals surface area contributed by atoms with E-state index < -0.39 is 0 Å². The molecule has 1 aromatic heterocycles. The summed E-state index contributed by atoms with van der Waals surface area (Å²) >= 11 is 0. The predicted octanol–water partition coefficient (Wildman–Crippen LogP) is 1.49. The van der Waals surface area contributed by atoms with Gasteiger partial charge in [-0.1, -0.05) is 0 Å². The first kappa shape index (κ1) is 11.3. The number of aryl methyl sites for hydroxylation is 1. The first-order valence-electron chi connectivity index (χ1n) is 5.94. The maximum absolute atomic E-state index is 5.91. The van der Waals surface area contributed by atoms with Gasteiger partial charge < -0.3 is 10.6 Å². The van der Waals surface area contributed by atoms with Gasteiger partial charge in [-0.25, -0.2) is 9.97 Å². The van der Waals surface area contributed by atoms with Gasteiger partial charge in [-0.15, -0.1) is 0 Å². The van der Waals surface area contributed by atoms with Crippen molar-refractivity contribution in [3.05, 3.63) is 18.0 Å². The van der Waals surface area contributed by atoms with Crippen molar-refractivity contribution in [3.8, 4) is 0 Å². The minimum atomic E-state index is 0.392. The summed E-state index contributed by atoms with van der Waals surface area (Å²) < 4.78 is 0. The van der Waals surface area contributed by atoms with Crippen molar-refractivity contribution in [2.24, 2.45) is 5.73 Å². The maximum atomic E-state index is 5.91. The molecule has 0 saturated heterocycles. The molecule has 0 aromatic carbocycles. The molecule has 2 N–H and O–H groups in total. The van der Waals surface area contributed by atoms with Crippen molar-refractivity contribution in [2.45, 2.75) is 44.7 Å². The molecule has 4 heteroatoms. The lowest BCUT2D eigenvalue weighted by Gasteiger charge is -2.33. The van der Waals surface area contributed by atoms with Gasteiger partial charge in [0.05, 0.1) is 0 Å². The summed E-state index contributed by atoms with van der Waals surface area (Å²) in [6, 6.07) is 0.936. The molecular formula is C12H20N4. The van der Waals surface area contributed by atoms with Gasteiger partial charge in [0.15, 0.2) is 0 Å². The van der Waals surface area contributed by atoms with E-state index in [4.69, 9.17) is 5.73 Å². The van der Waals surface area contributed by atoms with Crippen LogP contribution in [-0.4, -0.2) is 29.1 Å². The fourth-order valence-electron chi connectivity index (χ4n) is 2.22. The van der Waals surface area contributed by atoms with E-state index in [-0.39, 0.29) is 0 Å². The molecule has 0 unspecified atom stereocenters. The summed E-state index contributed by atoms with van der Waals surface area (Å²) in [4.78, 5) is 10.9. The summed E-state index contributed by atoms with van der Waals surface area (Å²) in [7, 11) is 2.08. The molecule has 0 radical (unpaired) electrons. The molecule has 0 atom stereocenters. The van der Waals surface area contributed by atoms with Gasteiger partial charge >= 0.3 is 0 Å². The van der Waals surface area contributed by atoms with E-state index in [9.17, 15) is 0 Å². The Morgan fingerprint density at radius 1 is 1.19 bits per heavy atom. The van der Waals surface area contributed by atoms with Crippen LogP contribution < -0.4 is 10.6 Å². The van der Waals surface area contributed by atoms with Crippen LogP contribution >= 0.6 is 0 Å². The Morgan fingerprint density at radius 3 is 2.31 bits per heavy atom. The normalized spacial score (nSPS) is 25.4. The molecule has 4 nitrogen and oxygen atoms in total. The minimum absolute atomic E-state index is 0.392. The standard InChI is InChI=1S/C12H20N4/c1-9-7-14-12(15-8-9)16(2)11-5-3-10(13)4-6-11/h7-8,10-11H,3-6,13H2,1-2H3. The number of nitrogens with zero attached hydrogens (tertiary/aromatic N) is 3. The van der Waals surface area contributed by atoms with E-state index >= 15 is 0 Å². The van der Waals surface area contributed by atoms with Gasteiger partial charge in [0.2, 0.25) is 5.95 Å². The number of hydrogen-bond acceptors (Lipinski definition) is 4. The molecule has 1 aromatic rings. The lowest BCUT2D eigenvalue weighted by molar-refractivity contribution is 0.382. The third-order valence-corrected chi connectivity index (χ3v) is 3.37. The molecule has 88 valence electrons. The molecule has 0 amide bonds. The van der Waals surface area contributed by atoms with Crippen molar-refractivity contribution in [1.29, 1.82) is 0 Å². The lowest BCUT2D eigenvalue weighted by atomic mass is 9.91. The van der Waals surface area contributed by atoms with E-state index in [1.54, 1.807) is 0 Å². The van der Waals surface area contributed by atoms with Crippen molar-refractivity contribution in [3.63, 3.8) is 0 Å². The van der Waals surface area contributed by atoms with Crippen LogP contribution in [0.15, 0.2) is 12.4 Å². The van der Waals surface area contributed by atoms with Crippen LogP contribution in [0.4, 0.5) is 5.95 Å². The molecular weight excluding hydrogens is 200 g/mol. The quantitative estimate of drug-likeness (QED) is 0.820. The first-order chi connectivity index (χ1) is 7.66. The molecule has 1 saturated carbocycles. The molecule has 1 fully saturated rings. The Labute approximate surface area is 96.9 Å². The van der Waals surface area contributed by atoms with E-state index in [0.29, 0.717) is 12.1 Å². The highest BCUT2D eigenvalue weighted by Crippen LogP contribution is 2.23. The Kier molecular flexibility index (Phi) is 3.39. The van der Waals surface area contributed by atoms with Crippen LogP contribution in [0.3, 0.4) is 0 Å². The fourth-order valence-corrected chi connectivity index (χ4v) is 2.22. The third-order valence-electron chi connectivity index (χ3n) is 3.37. The van der Waals surface area contributed by atoms with E-state index in [1.165, 1.54) is 0 Å². The second-order valence-corrected chi connectivity index (χ2v) is 4.74. The van der Waals surface area contributed by atoms with Crippen LogP contribution in [0.25, 0.3) is 0 Å². The lowest BCUT2D eigenvalue weighted by Crippen LogP contribution is -2.39. The molecule has 0 aliphatic heterocycles. The summed E-state index contributed by atoms with van der Waals surface area (Å²) in [6.07, 6.45) is 8.26. The first-order valence-corrected chi connectivity index (χ1v) is 5.94. The molecule has 2 rings (SSSR count). The highest BCUT2D eigenvalue weighted by atomic mass is 15.2. The average molecular weight is 220 g/mol. The molecule has 16 heavy (non-hydrogen) atoms. The van der Waals surface area contributed by atoms with E-state index in [0.717, 1.165) is 37.2 Å². The second kappa shape index (κ2) is 4.78. The number of aromatic nitrogens is 2. The van der Waals surface area contributed by atoms with E-state index in [1.807, 2.05) is 19.3 Å². The van der Waals surface area contributed by atoms with Gasteiger partial charge in [-0.2, -0.15) is 0 Å². The summed E-state index contributed by atoms with van der Waals surface area (Å²) in [5, 5.41) is 0. The van der Waals surface area contributed by atoms with E-state index in [2.05, 4.69) is 21.9 Å². The Morgan fingerprint density at radius 2 is 1.75 bits per heavy atom. The monoisotopic (exact) mass is 220 g/mol. The largest absolute Gasteiger partial charge is 0.341 e. The van der Waals surface area contributed by atoms with Crippen LogP contribution in [0.2, 0.25) is 0 Å². The number of hydrogen-bond donors (Lipinski definition) is 1. The van der Waals surface area contributed by atoms with Crippen molar-refractivity contribution < 1.29 is 0 Å². The summed E-state index contributed by atoms with van der Waals surface area (Å²) in [6.45, 7) is 2.00. The van der Waals surface area contributed by atoms with Crippen LogP contribution in [0.5, 0.6) is 0 Å². The average Bonchev–Trinajstić information content (AvgIpc) is 2.30. The smallest absolute Gasteiger partial charge is 0.225 e. The maximum Gasteiger partial charge on any atom is 0.225 e. The minimum Gasteiger partial charge on any atom is -0.341 e. The molecule has 0 bridgehead atoms. The predicted molar refractivity (Wildman–Crippen MR) is 65.4 cm³/mol. The van der Waals surface area contributed by atoms with Gasteiger partial charge in [0, 0.05) is 31.5 Å². The van der Waals surface area contributed by atoms with Crippen LogP contribution in [-0.2, 0) is 0 Å². The molecule has 1 heterocycles. The topological polar surface area (TPSA) is 55.0 Å². The zero-order valence-electron chi connectivity index (χ0n) is 10.1. The van der Waals surface area contributed by atoms with Gasteiger partial charge in [0.25, 0.3) is 0 Å². The summed E-state index contributed by atoms with van der Waals surface area (Å²) in [5.74, 6) is 0.825. The molecule has 1 aliphatic carbocycles. The van der Waals surface area contributed by atoms with Crippen LogP contribution in [0, 0.1) is 6.92 Å². The number of rotatable bonds is 2. The van der Waals surface area contributed by atoms with Gasteiger partial charge in [0.1, 0.15) is 0 Å². The highest BCUT2D eigenvalue weighted by molar-refractivity contribution is 5.30. The SMILES string of the molecule is Cc1cnc(N(C)C2CCC(N)CC2)nc1. The van der Waals surface area contributed by atoms with Gasteiger partial charge in [-0.3, -0.25) is 0 Å². The number of anilines is 1. The zero-order valence-corrected chi connectivity index (χ0v) is 10.1. The van der Waals surface area contributed by atoms with Gasteiger partial charge in [-0.05, 0) is 38.2 Å². The molecule has 1 aliphatic rings. The second-order valence-electron chi connectivity index (χ2n) is 4.74. The highest BCUT2D eigenvalue weighted by Gasteiger charge is 2.23. The van der Waals surface area contributed by atoms with Crippen molar-refractivity contribution >= 4 is 5.95 Å². The Hall–Kier alpha value is -1.16. The van der Waals surface area contributed by atoms with Crippen LogP contribution in [0.1, 0.15) is 31.2 Å². The fraction of sp³-hybridized carbons (Fsp3) is 0.667. The zero-order chi connectivity index (χ0) is 11.5. The third kappa shape index (κ3) is 2.50. The Balaban J connectivity index is 2.01. The number of nitrogens with two attached hydrogens (primary N) is 1.